The van der Waals surface area contributed by atoms with Gasteiger partial charge in [0.25, 0.3) is 0 Å². The van der Waals surface area contributed by atoms with Gasteiger partial charge in [0.1, 0.15) is 0 Å². The second-order valence-electron chi connectivity index (χ2n) is 4.31. The minimum absolute atomic E-state index is 0. The fourth-order valence-corrected chi connectivity index (χ4v) is 1.80. The molecule has 0 radical (unpaired) electrons. The third-order valence-corrected chi connectivity index (χ3v) is 2.84. The van der Waals surface area contributed by atoms with Crippen molar-refractivity contribution in [3.63, 3.8) is 0 Å². The average molecular weight is 301 g/mol. The molecular weight excluding hydrogens is 284 g/mol. The van der Waals surface area contributed by atoms with E-state index in [2.05, 4.69) is 5.32 Å². The molecule has 0 spiro atoms. The first-order valence-corrected chi connectivity index (χ1v) is 6.08. The number of anilines is 1. The van der Waals surface area contributed by atoms with E-state index in [0.29, 0.717) is 18.9 Å². The molecule has 1 aromatic carbocycles. The Hall–Kier alpha value is -1.63. The molecule has 1 amide bonds. The van der Waals surface area contributed by atoms with Gasteiger partial charge in [-0.3, -0.25) is 14.5 Å². The van der Waals surface area contributed by atoms with Crippen molar-refractivity contribution in [1.82, 2.24) is 4.90 Å². The maximum Gasteiger partial charge on any atom is 0.238 e. The van der Waals surface area contributed by atoms with Crippen LogP contribution < -0.4 is 10.7 Å². The van der Waals surface area contributed by atoms with E-state index < -0.39 is 5.43 Å². The fourth-order valence-electron chi connectivity index (χ4n) is 1.80. The second-order valence-corrected chi connectivity index (χ2v) is 4.31. The summed E-state index contributed by atoms with van der Waals surface area (Å²) in [7, 11) is 0. The maximum absolute atomic E-state index is 11.8. The lowest BCUT2D eigenvalue weighted by Gasteiger charge is -2.25. The molecule has 7 heteroatoms. The maximum atomic E-state index is 11.8. The van der Waals surface area contributed by atoms with Crippen LogP contribution in [0.4, 0.5) is 5.69 Å². The smallest absolute Gasteiger partial charge is 0.238 e. The molecule has 0 bridgehead atoms. The number of carbonyl (C=O) groups excluding carboxylic acids is 1. The molecule has 0 aromatic heterocycles. The molecule has 1 fully saturated rings. The van der Waals surface area contributed by atoms with E-state index in [0.717, 1.165) is 13.1 Å². The van der Waals surface area contributed by atoms with Crippen molar-refractivity contribution in [2.24, 2.45) is 0 Å². The van der Waals surface area contributed by atoms with Gasteiger partial charge in [-0.15, -0.1) is 12.4 Å². The molecule has 0 aliphatic carbocycles. The number of amides is 1. The predicted molar refractivity (Wildman–Crippen MR) is 77.5 cm³/mol. The summed E-state index contributed by atoms with van der Waals surface area (Å²) in [5.74, 6) is -0.492. The first-order chi connectivity index (χ1) is 9.15. The van der Waals surface area contributed by atoms with Crippen LogP contribution in [0.1, 0.15) is 0 Å². The number of rotatable bonds is 3. The highest BCUT2D eigenvalue weighted by molar-refractivity contribution is 5.92. The SMILES string of the molecule is Cl.O=C(CN1CCOCC1)Nc1ccc(O)c(=O)cc1. The molecule has 0 atom stereocenters. The van der Waals surface area contributed by atoms with E-state index in [-0.39, 0.29) is 30.6 Å². The number of nitrogens with zero attached hydrogens (tertiary/aromatic N) is 1. The van der Waals surface area contributed by atoms with Crippen molar-refractivity contribution in [2.75, 3.05) is 38.2 Å². The van der Waals surface area contributed by atoms with Gasteiger partial charge >= 0.3 is 0 Å². The molecule has 2 rings (SSSR count). The van der Waals surface area contributed by atoms with Gasteiger partial charge in [-0.25, -0.2) is 0 Å². The number of hydrogen-bond donors (Lipinski definition) is 2. The van der Waals surface area contributed by atoms with E-state index in [1.807, 2.05) is 4.90 Å². The van der Waals surface area contributed by atoms with Crippen molar-refractivity contribution in [2.45, 2.75) is 0 Å². The van der Waals surface area contributed by atoms with E-state index in [1.54, 1.807) is 0 Å². The van der Waals surface area contributed by atoms with Gasteiger partial charge in [0.2, 0.25) is 11.3 Å². The van der Waals surface area contributed by atoms with Crippen LogP contribution in [0.3, 0.4) is 0 Å². The zero-order valence-corrected chi connectivity index (χ0v) is 11.7. The zero-order chi connectivity index (χ0) is 13.7. The topological polar surface area (TPSA) is 78.9 Å². The van der Waals surface area contributed by atoms with Crippen molar-refractivity contribution >= 4 is 24.0 Å². The summed E-state index contributed by atoms with van der Waals surface area (Å²) < 4.78 is 5.20. The molecule has 1 aliphatic rings. The third-order valence-electron chi connectivity index (χ3n) is 2.84. The lowest BCUT2D eigenvalue weighted by atomic mass is 10.3. The number of carbonyl (C=O) groups is 1. The predicted octanol–water partition coefficient (Wildman–Crippen LogP) is 0.445. The van der Waals surface area contributed by atoms with Crippen LogP contribution in [0.15, 0.2) is 29.1 Å². The van der Waals surface area contributed by atoms with E-state index in [9.17, 15) is 14.7 Å². The Bertz CT molecular complexity index is 518. The summed E-state index contributed by atoms with van der Waals surface area (Å²) in [6.07, 6.45) is 0. The Morgan fingerprint density at radius 3 is 2.60 bits per heavy atom. The minimum Gasteiger partial charge on any atom is -0.504 e. The minimum atomic E-state index is -0.478. The first-order valence-electron chi connectivity index (χ1n) is 6.08. The summed E-state index contributed by atoms with van der Waals surface area (Å²) in [5.41, 5.74) is 0.00402. The largest absolute Gasteiger partial charge is 0.504 e. The van der Waals surface area contributed by atoms with Crippen molar-refractivity contribution < 1.29 is 14.6 Å². The van der Waals surface area contributed by atoms with E-state index in [1.165, 1.54) is 24.3 Å². The van der Waals surface area contributed by atoms with Crippen LogP contribution in [0.2, 0.25) is 0 Å². The van der Waals surface area contributed by atoms with Crippen LogP contribution in [-0.4, -0.2) is 48.8 Å². The monoisotopic (exact) mass is 300 g/mol. The summed E-state index contributed by atoms with van der Waals surface area (Å²) in [5, 5.41) is 11.9. The second kappa shape index (κ2) is 7.84. The van der Waals surface area contributed by atoms with Gasteiger partial charge in [-0.1, -0.05) is 0 Å². The standard InChI is InChI=1S/C13H16N2O4.ClH/c16-11-3-1-10(2-4-12(11)17)14-13(18)9-15-5-7-19-8-6-15;/h1-4H,5-9H2,(H,14,18)(H,16,17);1H. The van der Waals surface area contributed by atoms with Gasteiger partial charge in [0.15, 0.2) is 5.75 Å². The fraction of sp³-hybridized carbons (Fsp3) is 0.385. The molecule has 0 saturated carbocycles. The average Bonchev–Trinajstić information content (AvgIpc) is 2.55. The summed E-state index contributed by atoms with van der Waals surface area (Å²) in [6.45, 7) is 3.04. The van der Waals surface area contributed by atoms with Gasteiger partial charge < -0.3 is 15.2 Å². The van der Waals surface area contributed by atoms with Gasteiger partial charge in [0, 0.05) is 18.8 Å². The van der Waals surface area contributed by atoms with Gasteiger partial charge in [-0.05, 0) is 24.3 Å². The number of ether oxygens (including phenoxy) is 1. The Morgan fingerprint density at radius 2 is 1.90 bits per heavy atom. The summed E-state index contributed by atoms with van der Waals surface area (Å²) in [6, 6.07) is 5.46. The van der Waals surface area contributed by atoms with Crippen molar-refractivity contribution in [3.8, 4) is 5.75 Å². The molecule has 110 valence electrons. The van der Waals surface area contributed by atoms with Crippen molar-refractivity contribution in [1.29, 1.82) is 0 Å². The molecule has 1 aromatic rings. The first kappa shape index (κ1) is 16.4. The number of hydrogen-bond acceptors (Lipinski definition) is 5. The molecule has 20 heavy (non-hydrogen) atoms. The molecule has 0 unspecified atom stereocenters. The summed E-state index contributed by atoms with van der Waals surface area (Å²) in [4.78, 5) is 25.0. The zero-order valence-electron chi connectivity index (χ0n) is 10.9. The number of halogens is 1. The van der Waals surface area contributed by atoms with Crippen LogP contribution >= 0.6 is 12.4 Å². The van der Waals surface area contributed by atoms with E-state index in [4.69, 9.17) is 4.74 Å². The summed E-state index contributed by atoms with van der Waals surface area (Å²) >= 11 is 0. The van der Waals surface area contributed by atoms with E-state index >= 15 is 0 Å². The Morgan fingerprint density at radius 1 is 1.25 bits per heavy atom. The lowest BCUT2D eigenvalue weighted by molar-refractivity contribution is -0.118. The number of nitrogens with one attached hydrogen (secondary N) is 1. The molecule has 1 heterocycles. The van der Waals surface area contributed by atoms with Crippen LogP contribution in [0.5, 0.6) is 5.75 Å². The number of aromatic hydroxyl groups is 1. The van der Waals surface area contributed by atoms with Crippen molar-refractivity contribution in [3.05, 3.63) is 34.5 Å². The third kappa shape index (κ3) is 4.80. The Balaban J connectivity index is 0.00000200. The highest BCUT2D eigenvalue weighted by atomic mass is 35.5. The lowest BCUT2D eigenvalue weighted by Crippen LogP contribution is -2.41. The normalized spacial score (nSPS) is 15.2. The molecule has 1 saturated heterocycles. The number of morpholine rings is 1. The molecule has 1 aliphatic heterocycles. The van der Waals surface area contributed by atoms with Crippen LogP contribution in [-0.2, 0) is 9.53 Å². The molecule has 2 N–H and O–H groups in total. The Labute approximate surface area is 122 Å². The molecule has 6 nitrogen and oxygen atoms in total. The van der Waals surface area contributed by atoms with Gasteiger partial charge in [0.05, 0.1) is 19.8 Å². The quantitative estimate of drug-likeness (QED) is 0.847. The Kier molecular flexibility index (Phi) is 6.44. The highest BCUT2D eigenvalue weighted by Crippen LogP contribution is 2.07. The van der Waals surface area contributed by atoms with Crippen LogP contribution in [0, 0.1) is 0 Å². The molecular formula is C13H17ClN2O4. The van der Waals surface area contributed by atoms with Gasteiger partial charge in [-0.2, -0.15) is 0 Å². The highest BCUT2D eigenvalue weighted by Gasteiger charge is 2.13. The van der Waals surface area contributed by atoms with Crippen LogP contribution in [0.25, 0.3) is 0 Å².